The van der Waals surface area contributed by atoms with Crippen LogP contribution < -0.4 is 15.8 Å². The number of nitrogen functional groups attached to an aromatic ring is 1. The van der Waals surface area contributed by atoms with Crippen LogP contribution in [0.3, 0.4) is 0 Å². The smallest absolute Gasteiger partial charge is 0.242 e. The molecule has 0 amide bonds. The van der Waals surface area contributed by atoms with Crippen LogP contribution in [0.4, 0.5) is 11.5 Å². The molecule has 0 atom stereocenters. The highest BCUT2D eigenvalue weighted by molar-refractivity contribution is 7.98. The van der Waals surface area contributed by atoms with Gasteiger partial charge in [0.1, 0.15) is 12.0 Å². The fourth-order valence-corrected chi connectivity index (χ4v) is 1.42. The minimum atomic E-state index is 0.0521. The quantitative estimate of drug-likeness (QED) is 0.738. The van der Waals surface area contributed by atoms with Crippen LogP contribution in [0.5, 0.6) is 5.88 Å². The third kappa shape index (κ3) is 3.77. The molecule has 1 aromatic rings. The van der Waals surface area contributed by atoms with Crippen LogP contribution in [0.1, 0.15) is 13.8 Å². The fourth-order valence-electron chi connectivity index (χ4n) is 1.11. The zero-order chi connectivity index (χ0) is 12.0. The fraction of sp³-hybridized carbons (Fsp3) is 0.600. The van der Waals surface area contributed by atoms with E-state index in [0.717, 1.165) is 12.3 Å². The summed E-state index contributed by atoms with van der Waals surface area (Å²) in [5.41, 5.74) is 6.36. The number of rotatable bonds is 6. The van der Waals surface area contributed by atoms with Gasteiger partial charge in [0, 0.05) is 12.3 Å². The van der Waals surface area contributed by atoms with E-state index in [1.54, 1.807) is 11.8 Å². The average molecular weight is 242 g/mol. The van der Waals surface area contributed by atoms with Crippen molar-refractivity contribution in [3.63, 3.8) is 0 Å². The molecule has 16 heavy (non-hydrogen) atoms. The molecule has 0 radical (unpaired) electrons. The Morgan fingerprint density at radius 3 is 2.88 bits per heavy atom. The van der Waals surface area contributed by atoms with E-state index in [1.165, 1.54) is 6.33 Å². The predicted molar refractivity (Wildman–Crippen MR) is 69.1 cm³/mol. The zero-order valence-electron chi connectivity index (χ0n) is 9.86. The van der Waals surface area contributed by atoms with Gasteiger partial charge in [-0.2, -0.15) is 16.7 Å². The van der Waals surface area contributed by atoms with Gasteiger partial charge in [0.2, 0.25) is 5.88 Å². The first-order valence-corrected chi connectivity index (χ1v) is 6.54. The van der Waals surface area contributed by atoms with Gasteiger partial charge >= 0.3 is 0 Å². The highest BCUT2D eigenvalue weighted by Crippen LogP contribution is 2.25. The lowest BCUT2D eigenvalue weighted by molar-refractivity contribution is 0.234. The molecule has 0 aliphatic rings. The standard InChI is InChI=1S/C10H18N4OS/c1-7(2)15-10-8(11)9(13-6-14-10)12-4-5-16-3/h6-7H,4-5,11H2,1-3H3,(H,12,13,14). The van der Waals surface area contributed by atoms with Crippen molar-refractivity contribution in [3.05, 3.63) is 6.33 Å². The summed E-state index contributed by atoms with van der Waals surface area (Å²) in [5, 5.41) is 3.15. The Morgan fingerprint density at radius 1 is 1.50 bits per heavy atom. The van der Waals surface area contributed by atoms with E-state index in [0.29, 0.717) is 17.4 Å². The van der Waals surface area contributed by atoms with E-state index in [9.17, 15) is 0 Å². The van der Waals surface area contributed by atoms with Crippen LogP contribution in [-0.4, -0.2) is 34.6 Å². The Kier molecular flexibility index (Phi) is 5.18. The van der Waals surface area contributed by atoms with Crippen LogP contribution >= 0.6 is 11.8 Å². The number of hydrogen-bond acceptors (Lipinski definition) is 6. The predicted octanol–water partition coefficient (Wildman–Crippen LogP) is 1.62. The van der Waals surface area contributed by atoms with Crippen LogP contribution in [0.15, 0.2) is 6.33 Å². The number of anilines is 2. The summed E-state index contributed by atoms with van der Waals surface area (Å²) in [6, 6.07) is 0. The van der Waals surface area contributed by atoms with Crippen LogP contribution in [0.2, 0.25) is 0 Å². The van der Waals surface area contributed by atoms with Crippen molar-refractivity contribution in [2.24, 2.45) is 0 Å². The van der Waals surface area contributed by atoms with Crippen LogP contribution in [0, 0.1) is 0 Å². The molecule has 0 bridgehead atoms. The lowest BCUT2D eigenvalue weighted by Gasteiger charge is -2.13. The van der Waals surface area contributed by atoms with Crippen molar-refractivity contribution in [1.82, 2.24) is 9.97 Å². The molecule has 0 aliphatic heterocycles. The Hall–Kier alpha value is -1.17. The number of nitrogens with zero attached hydrogens (tertiary/aromatic N) is 2. The maximum Gasteiger partial charge on any atom is 0.242 e. The second-order valence-corrected chi connectivity index (χ2v) is 4.51. The molecule has 0 aromatic carbocycles. The molecule has 3 N–H and O–H groups in total. The van der Waals surface area contributed by atoms with E-state index in [4.69, 9.17) is 10.5 Å². The number of nitrogens with two attached hydrogens (primary N) is 1. The third-order valence-corrected chi connectivity index (χ3v) is 2.41. The van der Waals surface area contributed by atoms with Gasteiger partial charge in [0.15, 0.2) is 5.82 Å². The second-order valence-electron chi connectivity index (χ2n) is 3.53. The molecule has 0 saturated heterocycles. The van der Waals surface area contributed by atoms with Crippen LogP contribution in [0.25, 0.3) is 0 Å². The molecule has 0 aliphatic carbocycles. The molecule has 1 aromatic heterocycles. The normalized spacial score (nSPS) is 10.5. The van der Waals surface area contributed by atoms with Gasteiger partial charge in [-0.15, -0.1) is 0 Å². The van der Waals surface area contributed by atoms with E-state index < -0.39 is 0 Å². The van der Waals surface area contributed by atoms with E-state index in [1.807, 2.05) is 13.8 Å². The molecule has 5 nitrogen and oxygen atoms in total. The van der Waals surface area contributed by atoms with Gasteiger partial charge in [-0.05, 0) is 20.1 Å². The van der Waals surface area contributed by atoms with Crippen molar-refractivity contribution < 1.29 is 4.74 Å². The maximum absolute atomic E-state index is 5.89. The average Bonchev–Trinajstić information content (AvgIpc) is 2.23. The minimum Gasteiger partial charge on any atom is -0.473 e. The van der Waals surface area contributed by atoms with Gasteiger partial charge in [-0.3, -0.25) is 0 Å². The summed E-state index contributed by atoms with van der Waals surface area (Å²) in [6.07, 6.45) is 3.56. The SMILES string of the molecule is CSCCNc1ncnc(OC(C)C)c1N. The van der Waals surface area contributed by atoms with E-state index >= 15 is 0 Å². The number of thioether (sulfide) groups is 1. The lowest BCUT2D eigenvalue weighted by atomic mass is 10.4. The molecule has 90 valence electrons. The summed E-state index contributed by atoms with van der Waals surface area (Å²) in [4.78, 5) is 8.09. The molecule has 6 heteroatoms. The van der Waals surface area contributed by atoms with Gasteiger partial charge < -0.3 is 15.8 Å². The lowest BCUT2D eigenvalue weighted by Crippen LogP contribution is -2.13. The van der Waals surface area contributed by atoms with Crippen molar-refractivity contribution >= 4 is 23.3 Å². The molecule has 0 unspecified atom stereocenters. The Morgan fingerprint density at radius 2 is 2.25 bits per heavy atom. The Balaban J connectivity index is 2.70. The monoisotopic (exact) mass is 242 g/mol. The summed E-state index contributed by atoms with van der Waals surface area (Å²) >= 11 is 1.76. The van der Waals surface area contributed by atoms with Crippen molar-refractivity contribution in [1.29, 1.82) is 0 Å². The number of hydrogen-bond donors (Lipinski definition) is 2. The van der Waals surface area contributed by atoms with Crippen LogP contribution in [-0.2, 0) is 0 Å². The van der Waals surface area contributed by atoms with Gasteiger partial charge in [0.25, 0.3) is 0 Å². The maximum atomic E-state index is 5.89. The minimum absolute atomic E-state index is 0.0521. The van der Waals surface area contributed by atoms with Gasteiger partial charge in [-0.1, -0.05) is 0 Å². The summed E-state index contributed by atoms with van der Waals surface area (Å²) in [7, 11) is 0. The topological polar surface area (TPSA) is 73.1 Å². The molecular formula is C10H18N4OS. The molecule has 0 spiro atoms. The Bertz CT molecular complexity index is 333. The van der Waals surface area contributed by atoms with Crippen molar-refractivity contribution in [2.75, 3.05) is 29.6 Å². The van der Waals surface area contributed by atoms with Gasteiger partial charge in [0.05, 0.1) is 6.10 Å². The largest absolute Gasteiger partial charge is 0.473 e. The highest BCUT2D eigenvalue weighted by atomic mass is 32.2. The van der Waals surface area contributed by atoms with Crippen molar-refractivity contribution in [2.45, 2.75) is 20.0 Å². The summed E-state index contributed by atoms with van der Waals surface area (Å²) in [6.45, 7) is 4.69. The number of ether oxygens (including phenoxy) is 1. The molecule has 0 fully saturated rings. The van der Waals surface area contributed by atoms with Crippen molar-refractivity contribution in [3.8, 4) is 5.88 Å². The first-order chi connectivity index (χ1) is 7.65. The summed E-state index contributed by atoms with van der Waals surface area (Å²) < 4.78 is 5.47. The second kappa shape index (κ2) is 6.42. The molecule has 1 rings (SSSR count). The zero-order valence-corrected chi connectivity index (χ0v) is 10.7. The van der Waals surface area contributed by atoms with Gasteiger partial charge in [-0.25, -0.2) is 4.98 Å². The highest BCUT2D eigenvalue weighted by Gasteiger charge is 2.09. The molecule has 0 saturated carbocycles. The summed E-state index contributed by atoms with van der Waals surface area (Å²) in [5.74, 6) is 2.08. The first kappa shape index (κ1) is 12.9. The third-order valence-electron chi connectivity index (χ3n) is 1.79. The molecular weight excluding hydrogens is 224 g/mol. The number of nitrogens with one attached hydrogen (secondary N) is 1. The number of aromatic nitrogens is 2. The molecule has 1 heterocycles. The van der Waals surface area contributed by atoms with E-state index in [-0.39, 0.29) is 6.10 Å². The Labute approximate surface area is 100 Å². The van der Waals surface area contributed by atoms with E-state index in [2.05, 4.69) is 21.5 Å². The first-order valence-electron chi connectivity index (χ1n) is 5.15.